The second-order valence-corrected chi connectivity index (χ2v) is 5.13. The van der Waals surface area contributed by atoms with Crippen molar-refractivity contribution < 1.29 is 0 Å². The molecule has 2 nitrogen and oxygen atoms in total. The van der Waals surface area contributed by atoms with Gasteiger partial charge in [0.2, 0.25) is 0 Å². The number of anilines is 2. The molecule has 0 spiro atoms. The van der Waals surface area contributed by atoms with Gasteiger partial charge in [-0.1, -0.05) is 30.3 Å². The molecule has 0 radical (unpaired) electrons. The molecule has 19 heavy (non-hydrogen) atoms. The summed E-state index contributed by atoms with van der Waals surface area (Å²) in [5.41, 5.74) is 5.43. The minimum absolute atomic E-state index is 0.403. The second-order valence-electron chi connectivity index (χ2n) is 5.13. The van der Waals surface area contributed by atoms with Crippen LogP contribution in [-0.2, 0) is 6.42 Å². The predicted octanol–water partition coefficient (Wildman–Crippen LogP) is 3.66. The van der Waals surface area contributed by atoms with E-state index in [0.29, 0.717) is 6.04 Å². The Morgan fingerprint density at radius 1 is 1.05 bits per heavy atom. The summed E-state index contributed by atoms with van der Waals surface area (Å²) in [6.07, 6.45) is 1.14. The average molecular weight is 252 g/mol. The van der Waals surface area contributed by atoms with Crippen LogP contribution in [0.3, 0.4) is 0 Å². The van der Waals surface area contributed by atoms with Gasteiger partial charge < -0.3 is 10.2 Å². The van der Waals surface area contributed by atoms with Crippen molar-refractivity contribution in [3.05, 3.63) is 59.7 Å². The molecule has 0 aromatic heterocycles. The van der Waals surface area contributed by atoms with E-state index in [9.17, 15) is 0 Å². The Morgan fingerprint density at radius 3 is 2.53 bits per heavy atom. The molecule has 0 amide bonds. The van der Waals surface area contributed by atoms with Gasteiger partial charge in [-0.3, -0.25) is 0 Å². The monoisotopic (exact) mass is 252 g/mol. The summed E-state index contributed by atoms with van der Waals surface area (Å²) in [6, 6.07) is 18.0. The van der Waals surface area contributed by atoms with Crippen LogP contribution in [0, 0.1) is 0 Å². The first-order chi connectivity index (χ1) is 9.29. The van der Waals surface area contributed by atoms with Gasteiger partial charge in [0.1, 0.15) is 0 Å². The lowest BCUT2D eigenvalue weighted by molar-refractivity contribution is 0.652. The Morgan fingerprint density at radius 2 is 1.79 bits per heavy atom. The molecule has 0 saturated heterocycles. The number of hydrogen-bond donors (Lipinski definition) is 1. The van der Waals surface area contributed by atoms with Gasteiger partial charge in [-0.15, -0.1) is 0 Å². The van der Waals surface area contributed by atoms with Crippen LogP contribution >= 0.6 is 0 Å². The molecule has 1 aliphatic heterocycles. The third-order valence-corrected chi connectivity index (χ3v) is 4.02. The van der Waals surface area contributed by atoms with Gasteiger partial charge in [-0.25, -0.2) is 0 Å². The normalized spacial score (nSPS) is 15.4. The van der Waals surface area contributed by atoms with Crippen molar-refractivity contribution in [3.63, 3.8) is 0 Å². The molecule has 0 saturated carbocycles. The molecule has 1 N–H and O–H groups in total. The maximum atomic E-state index is 3.27. The van der Waals surface area contributed by atoms with Crippen molar-refractivity contribution in [2.75, 3.05) is 18.5 Å². The number of benzene rings is 2. The minimum Gasteiger partial charge on any atom is -0.341 e. The lowest BCUT2D eigenvalue weighted by Gasteiger charge is -2.20. The average Bonchev–Trinajstić information content (AvgIpc) is 2.90. The number of rotatable bonds is 3. The molecule has 1 atom stereocenters. The standard InChI is InChI=1S/C17H20N2/c1-13(18-2)14-7-9-16(10-8-14)19-12-11-15-5-3-4-6-17(15)19/h3-10,13,18H,11-12H2,1-2H3. The fourth-order valence-corrected chi connectivity index (χ4v) is 2.72. The van der Waals surface area contributed by atoms with E-state index in [4.69, 9.17) is 0 Å². The highest BCUT2D eigenvalue weighted by molar-refractivity contribution is 5.69. The second kappa shape index (κ2) is 5.06. The van der Waals surface area contributed by atoms with E-state index >= 15 is 0 Å². The van der Waals surface area contributed by atoms with Crippen LogP contribution in [0.2, 0.25) is 0 Å². The molecule has 3 rings (SSSR count). The molecule has 0 bridgehead atoms. The molecule has 1 heterocycles. The summed E-state index contributed by atoms with van der Waals surface area (Å²) in [5, 5.41) is 3.27. The first-order valence-corrected chi connectivity index (χ1v) is 6.92. The van der Waals surface area contributed by atoms with Gasteiger partial charge in [0.25, 0.3) is 0 Å². The molecule has 1 aliphatic rings. The van der Waals surface area contributed by atoms with E-state index in [0.717, 1.165) is 13.0 Å². The van der Waals surface area contributed by atoms with Crippen molar-refractivity contribution in [1.29, 1.82) is 0 Å². The van der Waals surface area contributed by atoms with Crippen LogP contribution in [0.1, 0.15) is 24.1 Å². The highest BCUT2D eigenvalue weighted by atomic mass is 15.2. The molecular formula is C17H20N2. The molecular weight excluding hydrogens is 232 g/mol. The summed E-state index contributed by atoms with van der Waals surface area (Å²) in [6.45, 7) is 3.26. The minimum atomic E-state index is 0.403. The quantitative estimate of drug-likeness (QED) is 0.896. The van der Waals surface area contributed by atoms with E-state index in [1.165, 1.54) is 22.5 Å². The Bertz CT molecular complexity index is 560. The SMILES string of the molecule is CNC(C)c1ccc(N2CCc3ccccc32)cc1. The Labute approximate surface area is 115 Å². The highest BCUT2D eigenvalue weighted by Crippen LogP contribution is 2.34. The van der Waals surface area contributed by atoms with Crippen LogP contribution in [0.5, 0.6) is 0 Å². The van der Waals surface area contributed by atoms with E-state index in [-0.39, 0.29) is 0 Å². The van der Waals surface area contributed by atoms with Gasteiger partial charge in [0.15, 0.2) is 0 Å². The van der Waals surface area contributed by atoms with Crippen molar-refractivity contribution in [3.8, 4) is 0 Å². The van der Waals surface area contributed by atoms with Crippen molar-refractivity contribution >= 4 is 11.4 Å². The highest BCUT2D eigenvalue weighted by Gasteiger charge is 2.19. The van der Waals surface area contributed by atoms with Gasteiger partial charge >= 0.3 is 0 Å². The lowest BCUT2D eigenvalue weighted by atomic mass is 10.1. The molecule has 98 valence electrons. The zero-order valence-electron chi connectivity index (χ0n) is 11.6. The molecule has 2 heteroatoms. The fraction of sp³-hybridized carbons (Fsp3) is 0.294. The van der Waals surface area contributed by atoms with E-state index < -0.39 is 0 Å². The molecule has 2 aromatic carbocycles. The van der Waals surface area contributed by atoms with Crippen LogP contribution in [0.15, 0.2) is 48.5 Å². The summed E-state index contributed by atoms with van der Waals surface area (Å²) in [7, 11) is 2.00. The first-order valence-electron chi connectivity index (χ1n) is 6.92. The summed E-state index contributed by atoms with van der Waals surface area (Å²) in [4.78, 5) is 2.41. The van der Waals surface area contributed by atoms with Crippen LogP contribution in [-0.4, -0.2) is 13.6 Å². The van der Waals surface area contributed by atoms with Crippen molar-refractivity contribution in [2.45, 2.75) is 19.4 Å². The number of para-hydroxylation sites is 1. The van der Waals surface area contributed by atoms with Gasteiger partial charge in [0, 0.05) is 24.0 Å². The number of hydrogen-bond acceptors (Lipinski definition) is 2. The fourth-order valence-electron chi connectivity index (χ4n) is 2.72. The van der Waals surface area contributed by atoms with E-state index in [2.05, 4.69) is 65.7 Å². The maximum Gasteiger partial charge on any atom is 0.0444 e. The summed E-state index contributed by atoms with van der Waals surface area (Å²) < 4.78 is 0. The van der Waals surface area contributed by atoms with Crippen LogP contribution in [0.25, 0.3) is 0 Å². The zero-order chi connectivity index (χ0) is 13.2. The van der Waals surface area contributed by atoms with Gasteiger partial charge in [-0.05, 0) is 49.7 Å². The van der Waals surface area contributed by atoms with E-state index in [1.807, 2.05) is 7.05 Å². The molecule has 0 aliphatic carbocycles. The Kier molecular flexibility index (Phi) is 3.26. The predicted molar refractivity (Wildman–Crippen MR) is 81.1 cm³/mol. The number of nitrogens with zero attached hydrogens (tertiary/aromatic N) is 1. The smallest absolute Gasteiger partial charge is 0.0444 e. The Balaban J connectivity index is 1.88. The number of fused-ring (bicyclic) bond motifs is 1. The maximum absolute atomic E-state index is 3.27. The Hall–Kier alpha value is -1.80. The largest absolute Gasteiger partial charge is 0.341 e. The lowest BCUT2D eigenvalue weighted by Crippen LogP contribution is -2.14. The topological polar surface area (TPSA) is 15.3 Å². The van der Waals surface area contributed by atoms with Crippen molar-refractivity contribution in [2.24, 2.45) is 0 Å². The molecule has 0 fully saturated rings. The van der Waals surface area contributed by atoms with E-state index in [1.54, 1.807) is 0 Å². The molecule has 2 aromatic rings. The third-order valence-electron chi connectivity index (χ3n) is 4.02. The zero-order valence-corrected chi connectivity index (χ0v) is 11.6. The summed E-state index contributed by atoms with van der Waals surface area (Å²) in [5.74, 6) is 0. The van der Waals surface area contributed by atoms with Crippen LogP contribution < -0.4 is 10.2 Å². The van der Waals surface area contributed by atoms with Gasteiger partial charge in [0.05, 0.1) is 0 Å². The third kappa shape index (κ3) is 2.24. The van der Waals surface area contributed by atoms with Crippen LogP contribution in [0.4, 0.5) is 11.4 Å². The van der Waals surface area contributed by atoms with Gasteiger partial charge in [-0.2, -0.15) is 0 Å². The van der Waals surface area contributed by atoms with Crippen molar-refractivity contribution in [1.82, 2.24) is 5.32 Å². The first kappa shape index (κ1) is 12.2. The molecule has 1 unspecified atom stereocenters. The number of nitrogens with one attached hydrogen (secondary N) is 1. The summed E-state index contributed by atoms with van der Waals surface area (Å²) >= 11 is 0.